The number of methoxy groups -OCH3 is 1. The number of amides is 4. The standard InChI is InChI=1S/C26H20Cl2N2O5/c1-15-7-9-18(13-21(15)28)30-25(32)19(24(31)29-26(30)33)11-16-8-10-22(23(12-16)34-2)35-14-17-5-3-4-6-20(17)27/h3-13H,14H2,1-2H3,(H,29,31,33)/b19-11-. The van der Waals surface area contributed by atoms with E-state index in [1.807, 2.05) is 18.2 Å². The SMILES string of the molecule is COc1cc(/C=C2/C(=O)NC(=O)N(c3ccc(C)c(Cl)c3)C2=O)ccc1OCc1ccccc1Cl. The molecule has 3 aromatic rings. The van der Waals surface area contributed by atoms with Gasteiger partial charge in [0.2, 0.25) is 0 Å². The van der Waals surface area contributed by atoms with Crippen LogP contribution in [-0.2, 0) is 16.2 Å². The van der Waals surface area contributed by atoms with Gasteiger partial charge in [0.25, 0.3) is 11.8 Å². The molecule has 3 aromatic carbocycles. The van der Waals surface area contributed by atoms with Crippen molar-refractivity contribution < 1.29 is 23.9 Å². The molecule has 7 nitrogen and oxygen atoms in total. The molecule has 0 radical (unpaired) electrons. The van der Waals surface area contributed by atoms with E-state index in [9.17, 15) is 14.4 Å². The number of carbonyl (C=O) groups excluding carboxylic acids is 3. The highest BCUT2D eigenvalue weighted by Crippen LogP contribution is 2.31. The molecule has 4 rings (SSSR count). The Morgan fingerprint density at radius 2 is 1.71 bits per heavy atom. The van der Waals surface area contributed by atoms with Gasteiger partial charge >= 0.3 is 6.03 Å². The Bertz CT molecular complexity index is 1370. The lowest BCUT2D eigenvalue weighted by atomic mass is 10.1. The van der Waals surface area contributed by atoms with E-state index in [-0.39, 0.29) is 17.9 Å². The fourth-order valence-corrected chi connectivity index (χ4v) is 3.81. The summed E-state index contributed by atoms with van der Waals surface area (Å²) in [6, 6.07) is 16.2. The molecule has 0 spiro atoms. The molecule has 4 amide bonds. The van der Waals surface area contributed by atoms with Gasteiger partial charge in [0.15, 0.2) is 11.5 Å². The summed E-state index contributed by atoms with van der Waals surface area (Å²) in [5.74, 6) is -0.711. The van der Waals surface area contributed by atoms with Crippen LogP contribution in [0.2, 0.25) is 10.0 Å². The van der Waals surface area contributed by atoms with E-state index >= 15 is 0 Å². The molecule has 1 saturated heterocycles. The van der Waals surface area contributed by atoms with Crippen LogP contribution in [0.15, 0.2) is 66.2 Å². The number of carbonyl (C=O) groups is 3. The van der Waals surface area contributed by atoms with Gasteiger partial charge in [-0.3, -0.25) is 14.9 Å². The minimum atomic E-state index is -0.849. The van der Waals surface area contributed by atoms with Crippen LogP contribution in [0.4, 0.5) is 10.5 Å². The molecule has 1 heterocycles. The highest BCUT2D eigenvalue weighted by Gasteiger charge is 2.37. The van der Waals surface area contributed by atoms with Crippen molar-refractivity contribution in [1.29, 1.82) is 0 Å². The molecule has 1 aliphatic heterocycles. The second-order valence-electron chi connectivity index (χ2n) is 7.68. The molecule has 0 bridgehead atoms. The Morgan fingerprint density at radius 3 is 2.43 bits per heavy atom. The first-order valence-electron chi connectivity index (χ1n) is 10.5. The van der Waals surface area contributed by atoms with Crippen LogP contribution < -0.4 is 19.7 Å². The number of nitrogens with zero attached hydrogens (tertiary/aromatic N) is 1. The molecule has 0 unspecified atom stereocenters. The summed E-state index contributed by atoms with van der Waals surface area (Å²) in [6.07, 6.45) is 1.38. The van der Waals surface area contributed by atoms with Crippen LogP contribution in [0.3, 0.4) is 0 Å². The van der Waals surface area contributed by atoms with Crippen molar-refractivity contribution in [2.75, 3.05) is 12.0 Å². The van der Waals surface area contributed by atoms with Crippen molar-refractivity contribution in [3.8, 4) is 11.5 Å². The summed E-state index contributed by atoms with van der Waals surface area (Å²) in [5.41, 5.74) is 2.14. The molecule has 0 atom stereocenters. The number of imide groups is 2. The number of ether oxygens (including phenoxy) is 2. The van der Waals surface area contributed by atoms with E-state index in [0.29, 0.717) is 27.1 Å². The number of halogens is 2. The molecule has 0 aliphatic carbocycles. The first kappa shape index (κ1) is 24.3. The highest BCUT2D eigenvalue weighted by atomic mass is 35.5. The first-order chi connectivity index (χ1) is 16.8. The van der Waals surface area contributed by atoms with Crippen molar-refractivity contribution in [1.82, 2.24) is 5.32 Å². The Labute approximate surface area is 211 Å². The number of urea groups is 1. The fraction of sp³-hybridized carbons (Fsp3) is 0.115. The Morgan fingerprint density at radius 1 is 0.943 bits per heavy atom. The van der Waals surface area contributed by atoms with Gasteiger partial charge in [-0.05, 0) is 54.5 Å². The van der Waals surface area contributed by atoms with Crippen molar-refractivity contribution >= 4 is 52.8 Å². The van der Waals surface area contributed by atoms with Gasteiger partial charge in [-0.15, -0.1) is 0 Å². The summed E-state index contributed by atoms with van der Waals surface area (Å²) in [5, 5.41) is 3.17. The molecule has 1 aliphatic rings. The number of hydrogen-bond donors (Lipinski definition) is 1. The number of aryl methyl sites for hydroxylation is 1. The normalized spacial score (nSPS) is 14.8. The Kier molecular flexibility index (Phi) is 7.10. The molecule has 178 valence electrons. The van der Waals surface area contributed by atoms with Crippen molar-refractivity contribution in [2.24, 2.45) is 0 Å². The van der Waals surface area contributed by atoms with Crippen molar-refractivity contribution in [3.05, 3.63) is 93.0 Å². The second kappa shape index (κ2) is 10.2. The lowest BCUT2D eigenvalue weighted by molar-refractivity contribution is -0.122. The fourth-order valence-electron chi connectivity index (χ4n) is 3.44. The number of anilines is 1. The lowest BCUT2D eigenvalue weighted by Gasteiger charge is -2.26. The quantitative estimate of drug-likeness (QED) is 0.346. The predicted octanol–water partition coefficient (Wildman–Crippen LogP) is 5.56. The van der Waals surface area contributed by atoms with Gasteiger partial charge in [0.05, 0.1) is 12.8 Å². The van der Waals surface area contributed by atoms with Crippen LogP contribution in [0.1, 0.15) is 16.7 Å². The van der Waals surface area contributed by atoms with Crippen LogP contribution in [0.5, 0.6) is 11.5 Å². The average Bonchev–Trinajstić information content (AvgIpc) is 2.83. The predicted molar refractivity (Wildman–Crippen MR) is 134 cm³/mol. The summed E-state index contributed by atoms with van der Waals surface area (Å²) in [7, 11) is 1.48. The van der Waals surface area contributed by atoms with Crippen LogP contribution in [-0.4, -0.2) is 25.0 Å². The molecule has 0 saturated carbocycles. The molecular formula is C26H20Cl2N2O5. The van der Waals surface area contributed by atoms with Crippen LogP contribution in [0, 0.1) is 6.92 Å². The molecular weight excluding hydrogens is 491 g/mol. The Hall–Kier alpha value is -3.81. The monoisotopic (exact) mass is 510 g/mol. The van der Waals surface area contributed by atoms with Gasteiger partial charge < -0.3 is 9.47 Å². The van der Waals surface area contributed by atoms with E-state index in [1.165, 1.54) is 19.3 Å². The Balaban J connectivity index is 1.61. The zero-order chi connectivity index (χ0) is 25.1. The van der Waals surface area contributed by atoms with E-state index in [2.05, 4.69) is 5.32 Å². The maximum absolute atomic E-state index is 13.1. The average molecular weight is 511 g/mol. The summed E-state index contributed by atoms with van der Waals surface area (Å²) >= 11 is 12.3. The molecule has 9 heteroatoms. The van der Waals surface area contributed by atoms with Gasteiger partial charge in [-0.25, -0.2) is 9.69 Å². The third-order valence-corrected chi connectivity index (χ3v) is 6.13. The first-order valence-corrected chi connectivity index (χ1v) is 11.3. The van der Waals surface area contributed by atoms with Gasteiger partial charge in [-0.1, -0.05) is 53.5 Å². The number of rotatable bonds is 6. The number of nitrogens with one attached hydrogen (secondary N) is 1. The van der Waals surface area contributed by atoms with E-state index in [1.54, 1.807) is 43.3 Å². The second-order valence-corrected chi connectivity index (χ2v) is 8.50. The van der Waals surface area contributed by atoms with Gasteiger partial charge in [0.1, 0.15) is 12.2 Å². The topological polar surface area (TPSA) is 84.9 Å². The smallest absolute Gasteiger partial charge is 0.335 e. The molecule has 1 N–H and O–H groups in total. The summed E-state index contributed by atoms with van der Waals surface area (Å²) < 4.78 is 11.3. The van der Waals surface area contributed by atoms with Crippen LogP contribution >= 0.6 is 23.2 Å². The van der Waals surface area contributed by atoms with E-state index < -0.39 is 17.8 Å². The maximum atomic E-state index is 13.1. The van der Waals surface area contributed by atoms with Crippen LogP contribution in [0.25, 0.3) is 6.08 Å². The maximum Gasteiger partial charge on any atom is 0.335 e. The van der Waals surface area contributed by atoms with Gasteiger partial charge in [-0.2, -0.15) is 0 Å². The zero-order valence-corrected chi connectivity index (χ0v) is 20.3. The van der Waals surface area contributed by atoms with Crippen molar-refractivity contribution in [3.63, 3.8) is 0 Å². The minimum Gasteiger partial charge on any atom is -0.493 e. The number of barbiturate groups is 1. The molecule has 0 aromatic heterocycles. The lowest BCUT2D eigenvalue weighted by Crippen LogP contribution is -2.54. The third kappa shape index (κ3) is 5.16. The number of hydrogen-bond acceptors (Lipinski definition) is 5. The van der Waals surface area contributed by atoms with Crippen molar-refractivity contribution in [2.45, 2.75) is 13.5 Å². The molecule has 35 heavy (non-hydrogen) atoms. The summed E-state index contributed by atoms with van der Waals surface area (Å²) in [4.78, 5) is 38.9. The number of benzene rings is 3. The highest BCUT2D eigenvalue weighted by molar-refractivity contribution is 6.39. The van der Waals surface area contributed by atoms with E-state index in [4.69, 9.17) is 32.7 Å². The minimum absolute atomic E-state index is 0.215. The largest absolute Gasteiger partial charge is 0.493 e. The zero-order valence-electron chi connectivity index (χ0n) is 18.8. The summed E-state index contributed by atoms with van der Waals surface area (Å²) in [6.45, 7) is 2.03. The van der Waals surface area contributed by atoms with E-state index in [0.717, 1.165) is 16.0 Å². The molecule has 1 fully saturated rings. The van der Waals surface area contributed by atoms with Gasteiger partial charge in [0, 0.05) is 15.6 Å². The third-order valence-electron chi connectivity index (χ3n) is 5.35.